The molecule has 0 radical (unpaired) electrons. The van der Waals surface area contributed by atoms with Crippen molar-refractivity contribution in [2.45, 2.75) is 26.3 Å². The second-order valence-corrected chi connectivity index (χ2v) is 5.52. The zero-order valence-corrected chi connectivity index (χ0v) is 11.4. The molecule has 1 aromatic heterocycles. The van der Waals surface area contributed by atoms with Gasteiger partial charge in [0.1, 0.15) is 12.2 Å². The minimum Gasteiger partial charge on any atom is -0.362 e. The van der Waals surface area contributed by atoms with Crippen molar-refractivity contribution in [3.63, 3.8) is 0 Å². The van der Waals surface area contributed by atoms with Gasteiger partial charge in [0.15, 0.2) is 5.17 Å². The second kappa shape index (κ2) is 5.53. The summed E-state index contributed by atoms with van der Waals surface area (Å²) in [5.41, 5.74) is 0. The molecule has 0 aliphatic carbocycles. The van der Waals surface area contributed by atoms with Gasteiger partial charge in [-0.1, -0.05) is 18.7 Å². The minimum atomic E-state index is 0.518. The monoisotopic (exact) mass is 253 g/mol. The van der Waals surface area contributed by atoms with E-state index in [-0.39, 0.29) is 0 Å². The summed E-state index contributed by atoms with van der Waals surface area (Å²) >= 11 is 1.81. The highest BCUT2D eigenvalue weighted by atomic mass is 32.2. The van der Waals surface area contributed by atoms with E-state index in [0.717, 1.165) is 29.7 Å². The molecule has 6 heteroatoms. The highest BCUT2D eigenvalue weighted by Gasteiger charge is 2.20. The fourth-order valence-corrected chi connectivity index (χ4v) is 2.78. The van der Waals surface area contributed by atoms with E-state index in [9.17, 15) is 0 Å². The lowest BCUT2D eigenvalue weighted by molar-refractivity contribution is 0.490. The molecule has 0 bridgehead atoms. The fraction of sp³-hybridized carbons (Fsp3) is 0.727. The van der Waals surface area contributed by atoms with Gasteiger partial charge in [0, 0.05) is 31.8 Å². The molecule has 2 unspecified atom stereocenters. The average Bonchev–Trinajstić information content (AvgIpc) is 2.70. The summed E-state index contributed by atoms with van der Waals surface area (Å²) in [6, 6.07) is 0.518. The predicted molar refractivity (Wildman–Crippen MR) is 71.2 cm³/mol. The van der Waals surface area contributed by atoms with Crippen LogP contribution in [0.3, 0.4) is 0 Å². The van der Waals surface area contributed by atoms with Crippen LogP contribution in [-0.4, -0.2) is 38.3 Å². The number of hydrogen-bond acceptors (Lipinski definition) is 4. The average molecular weight is 253 g/mol. The van der Waals surface area contributed by atoms with Crippen molar-refractivity contribution < 1.29 is 0 Å². The van der Waals surface area contributed by atoms with Gasteiger partial charge in [-0.3, -0.25) is 4.99 Å². The van der Waals surface area contributed by atoms with E-state index in [2.05, 4.69) is 34.4 Å². The van der Waals surface area contributed by atoms with Crippen LogP contribution in [0.4, 0.5) is 0 Å². The third-order valence-corrected chi connectivity index (χ3v) is 4.30. The Balaban J connectivity index is 1.83. The van der Waals surface area contributed by atoms with Crippen LogP contribution >= 0.6 is 11.8 Å². The number of rotatable bonds is 3. The van der Waals surface area contributed by atoms with E-state index in [4.69, 9.17) is 0 Å². The van der Waals surface area contributed by atoms with E-state index in [1.165, 1.54) is 0 Å². The van der Waals surface area contributed by atoms with Crippen molar-refractivity contribution in [2.75, 3.05) is 12.3 Å². The fourth-order valence-electron chi connectivity index (χ4n) is 1.62. The minimum absolute atomic E-state index is 0.518. The molecule has 1 aliphatic heterocycles. The molecular weight excluding hydrogens is 234 g/mol. The van der Waals surface area contributed by atoms with E-state index in [1.54, 1.807) is 6.33 Å². The third kappa shape index (κ3) is 3.21. The first-order valence-electron chi connectivity index (χ1n) is 5.93. The largest absolute Gasteiger partial charge is 0.362 e. The van der Waals surface area contributed by atoms with Crippen LogP contribution in [0.25, 0.3) is 0 Å². The summed E-state index contributed by atoms with van der Waals surface area (Å²) in [7, 11) is 1.96. The maximum absolute atomic E-state index is 4.57. The molecule has 5 nitrogen and oxygen atoms in total. The Labute approximate surface area is 106 Å². The first-order valence-corrected chi connectivity index (χ1v) is 6.92. The van der Waals surface area contributed by atoms with Crippen molar-refractivity contribution in [3.8, 4) is 0 Å². The zero-order chi connectivity index (χ0) is 12.3. The Hall–Kier alpha value is -1.04. The maximum Gasteiger partial charge on any atom is 0.156 e. The molecule has 2 atom stereocenters. The number of nitrogens with one attached hydrogen (secondary N) is 1. The Morgan fingerprint density at radius 1 is 1.59 bits per heavy atom. The quantitative estimate of drug-likeness (QED) is 0.875. The highest BCUT2D eigenvalue weighted by molar-refractivity contribution is 8.13. The summed E-state index contributed by atoms with van der Waals surface area (Å²) in [4.78, 5) is 4.57. The number of aromatic nitrogens is 3. The van der Waals surface area contributed by atoms with Crippen LogP contribution in [0, 0.1) is 5.92 Å². The number of thioether (sulfide) groups is 1. The first kappa shape index (κ1) is 12.4. The van der Waals surface area contributed by atoms with Gasteiger partial charge in [0.25, 0.3) is 0 Å². The number of hydrogen-bond donors (Lipinski definition) is 1. The lowest BCUT2D eigenvalue weighted by Gasteiger charge is -2.28. The topological polar surface area (TPSA) is 55.1 Å². The number of nitrogens with zero attached hydrogens (tertiary/aromatic N) is 4. The lowest BCUT2D eigenvalue weighted by Crippen LogP contribution is -2.41. The molecule has 0 amide bonds. The van der Waals surface area contributed by atoms with Crippen LogP contribution in [0.15, 0.2) is 11.3 Å². The lowest BCUT2D eigenvalue weighted by atomic mass is 10.1. The molecule has 0 spiro atoms. The van der Waals surface area contributed by atoms with E-state index in [0.29, 0.717) is 12.0 Å². The van der Waals surface area contributed by atoms with Crippen molar-refractivity contribution in [1.29, 1.82) is 0 Å². The first-order chi connectivity index (χ1) is 8.16. The van der Waals surface area contributed by atoms with Gasteiger partial charge >= 0.3 is 0 Å². The number of aliphatic imine (C=N–C) groups is 1. The van der Waals surface area contributed by atoms with Crippen molar-refractivity contribution in [3.05, 3.63) is 12.2 Å². The zero-order valence-electron chi connectivity index (χ0n) is 10.6. The third-order valence-electron chi connectivity index (χ3n) is 3.08. The summed E-state index contributed by atoms with van der Waals surface area (Å²) in [6.07, 6.45) is 2.56. The van der Waals surface area contributed by atoms with Crippen LogP contribution in [-0.2, 0) is 13.5 Å². The molecule has 1 N–H and O–H groups in total. The highest BCUT2D eigenvalue weighted by Crippen LogP contribution is 2.19. The van der Waals surface area contributed by atoms with E-state index < -0.39 is 0 Å². The molecule has 1 aliphatic rings. The van der Waals surface area contributed by atoms with Crippen molar-refractivity contribution in [2.24, 2.45) is 18.0 Å². The van der Waals surface area contributed by atoms with Gasteiger partial charge in [0.2, 0.25) is 0 Å². The SMILES string of the molecule is CC1CSC(=NCCc2nncn2C)NC1C. The van der Waals surface area contributed by atoms with Crippen LogP contribution in [0.5, 0.6) is 0 Å². The summed E-state index contributed by atoms with van der Waals surface area (Å²) in [5.74, 6) is 2.84. The predicted octanol–water partition coefficient (Wildman–Crippen LogP) is 1.07. The molecule has 1 fully saturated rings. The van der Waals surface area contributed by atoms with Gasteiger partial charge < -0.3 is 9.88 Å². The number of amidine groups is 1. The standard InChI is InChI=1S/C11H19N5S/c1-8-6-17-11(14-9(8)2)12-5-4-10-15-13-7-16(10)3/h7-9H,4-6H2,1-3H3,(H,12,14). The Morgan fingerprint density at radius 3 is 3.06 bits per heavy atom. The van der Waals surface area contributed by atoms with Crippen molar-refractivity contribution in [1.82, 2.24) is 20.1 Å². The van der Waals surface area contributed by atoms with Crippen LogP contribution in [0.2, 0.25) is 0 Å². The van der Waals surface area contributed by atoms with Gasteiger partial charge in [-0.2, -0.15) is 0 Å². The molecule has 1 saturated heterocycles. The van der Waals surface area contributed by atoms with Gasteiger partial charge in [0.05, 0.1) is 0 Å². The summed E-state index contributed by atoms with van der Waals surface area (Å²) in [6.45, 7) is 5.24. The summed E-state index contributed by atoms with van der Waals surface area (Å²) in [5, 5.41) is 12.4. The Bertz CT molecular complexity index is 400. The molecule has 94 valence electrons. The Morgan fingerprint density at radius 2 is 2.41 bits per heavy atom. The molecule has 0 aromatic carbocycles. The molecule has 0 saturated carbocycles. The van der Waals surface area contributed by atoms with Crippen molar-refractivity contribution >= 4 is 16.9 Å². The number of aryl methyl sites for hydroxylation is 1. The summed E-state index contributed by atoms with van der Waals surface area (Å²) < 4.78 is 1.94. The Kier molecular flexibility index (Phi) is 4.04. The second-order valence-electron chi connectivity index (χ2n) is 4.52. The molecule has 1 aromatic rings. The molecular formula is C11H19N5S. The van der Waals surface area contributed by atoms with Crippen LogP contribution < -0.4 is 5.32 Å². The molecule has 2 heterocycles. The van der Waals surface area contributed by atoms with Crippen LogP contribution in [0.1, 0.15) is 19.7 Å². The van der Waals surface area contributed by atoms with E-state index >= 15 is 0 Å². The van der Waals surface area contributed by atoms with Gasteiger partial charge in [-0.15, -0.1) is 10.2 Å². The van der Waals surface area contributed by atoms with E-state index in [1.807, 2.05) is 23.4 Å². The maximum atomic E-state index is 4.57. The van der Waals surface area contributed by atoms with Gasteiger partial charge in [-0.05, 0) is 12.8 Å². The molecule has 17 heavy (non-hydrogen) atoms. The molecule has 2 rings (SSSR count). The smallest absolute Gasteiger partial charge is 0.156 e. The van der Waals surface area contributed by atoms with Gasteiger partial charge in [-0.25, -0.2) is 0 Å². The normalized spacial score (nSPS) is 27.1.